The van der Waals surface area contributed by atoms with Gasteiger partial charge in [-0.25, -0.2) is 13.1 Å². The zero-order valence-corrected chi connectivity index (χ0v) is 25.3. The van der Waals surface area contributed by atoms with Gasteiger partial charge in [0.05, 0.1) is 17.0 Å². The maximum atomic E-state index is 13.2. The Balaban J connectivity index is 1.66. The van der Waals surface area contributed by atoms with Crippen LogP contribution in [0.2, 0.25) is 5.02 Å². The normalized spacial score (nSPS) is 20.6. The predicted molar refractivity (Wildman–Crippen MR) is 165 cm³/mol. The Labute approximate surface area is 249 Å². The molecule has 41 heavy (non-hydrogen) atoms. The molecule has 1 saturated carbocycles. The van der Waals surface area contributed by atoms with E-state index in [1.165, 1.54) is 6.08 Å². The number of hydrogen-bond donors (Lipinski definition) is 2. The highest BCUT2D eigenvalue weighted by atomic mass is 35.5. The van der Waals surface area contributed by atoms with Crippen molar-refractivity contribution in [1.82, 2.24) is 4.72 Å². The van der Waals surface area contributed by atoms with E-state index in [2.05, 4.69) is 22.8 Å². The first-order chi connectivity index (χ1) is 19.6. The van der Waals surface area contributed by atoms with Gasteiger partial charge in [-0.2, -0.15) is 0 Å². The van der Waals surface area contributed by atoms with Gasteiger partial charge in [0.25, 0.3) is 5.91 Å². The molecule has 0 bridgehead atoms. The Bertz CT molecular complexity index is 1360. The lowest BCUT2D eigenvalue weighted by Crippen LogP contribution is -2.43. The lowest BCUT2D eigenvalue weighted by Gasteiger charge is -2.43. The fraction of sp³-hybridized carbons (Fsp3) is 0.469. The quantitative estimate of drug-likeness (QED) is 0.322. The molecule has 9 heteroatoms. The maximum absolute atomic E-state index is 13.2. The van der Waals surface area contributed by atoms with Crippen LogP contribution in [-0.2, 0) is 23.1 Å². The van der Waals surface area contributed by atoms with Gasteiger partial charge >= 0.3 is 0 Å². The van der Waals surface area contributed by atoms with Crippen molar-refractivity contribution in [3.05, 3.63) is 83.4 Å². The molecular weight excluding hydrogens is 560 g/mol. The third-order valence-corrected chi connectivity index (χ3v) is 10.3. The second kappa shape index (κ2) is 13.9. The highest BCUT2D eigenvalue weighted by Gasteiger charge is 2.37. The number of carbonyl (C=O) groups excluding carboxylic acids is 1. The van der Waals surface area contributed by atoms with Crippen molar-refractivity contribution >= 4 is 33.2 Å². The van der Waals surface area contributed by atoms with Crippen LogP contribution >= 0.6 is 11.6 Å². The summed E-state index contributed by atoms with van der Waals surface area (Å²) in [5, 5.41) is 10.6. The standard InChI is InChI=1S/C32H41ClN2O5S/c1-4-8-22(3)41(38,39)34-32(37)24-13-16-31-29(19-24)35(20-25-12-15-28(25)30(36)9-5-2)17-7-6-10-23-18-27(33)14-11-26(23)21-40-31/h4-5,11,13-14,16,18-19,22,25,28,30,36H,1-2,6-10,12,15,17,20-21H2,3H3,(H,34,37)/t22-,25-,28+,30+/m0/s1. The fourth-order valence-electron chi connectivity index (χ4n) is 5.69. The van der Waals surface area contributed by atoms with Crippen molar-refractivity contribution in [2.75, 3.05) is 18.0 Å². The first-order valence-corrected chi connectivity index (χ1v) is 16.3. The van der Waals surface area contributed by atoms with Gasteiger partial charge < -0.3 is 14.7 Å². The number of rotatable bonds is 10. The van der Waals surface area contributed by atoms with E-state index < -0.39 is 27.3 Å². The molecule has 4 atom stereocenters. The van der Waals surface area contributed by atoms with Crippen molar-refractivity contribution in [3.63, 3.8) is 0 Å². The summed E-state index contributed by atoms with van der Waals surface area (Å²) in [4.78, 5) is 15.4. The van der Waals surface area contributed by atoms with E-state index >= 15 is 0 Å². The van der Waals surface area contributed by atoms with Crippen LogP contribution in [0.25, 0.3) is 0 Å². The second-order valence-corrected chi connectivity index (χ2v) is 13.7. The number of nitrogens with one attached hydrogen (secondary N) is 1. The number of anilines is 1. The SMILES string of the molecule is C=CC[C@@H](O)[C@@H]1CC[C@H]1CN1CCCCc2cc(Cl)ccc2COc2ccc(C(=O)NS(=O)(=O)[C@@H](C)CC=C)cc21. The number of hydrogen-bond acceptors (Lipinski definition) is 6. The van der Waals surface area contributed by atoms with E-state index in [0.29, 0.717) is 30.3 Å². The zero-order chi connectivity index (χ0) is 29.6. The van der Waals surface area contributed by atoms with Gasteiger partial charge in [-0.3, -0.25) is 4.79 Å². The summed E-state index contributed by atoms with van der Waals surface area (Å²) < 4.78 is 34.0. The molecule has 2 aromatic carbocycles. The van der Waals surface area contributed by atoms with Crippen molar-refractivity contribution in [2.24, 2.45) is 11.8 Å². The largest absolute Gasteiger partial charge is 0.487 e. The molecule has 1 fully saturated rings. The van der Waals surface area contributed by atoms with Crippen LogP contribution in [0.5, 0.6) is 5.75 Å². The molecule has 2 N–H and O–H groups in total. The predicted octanol–water partition coefficient (Wildman–Crippen LogP) is 6.05. The number of fused-ring (bicyclic) bond motifs is 2. The molecule has 1 aliphatic carbocycles. The summed E-state index contributed by atoms with van der Waals surface area (Å²) in [6, 6.07) is 10.9. The molecule has 0 unspecified atom stereocenters. The zero-order valence-electron chi connectivity index (χ0n) is 23.7. The van der Waals surface area contributed by atoms with Crippen LogP contribution in [0.1, 0.15) is 66.9 Å². The van der Waals surface area contributed by atoms with Crippen molar-refractivity contribution in [2.45, 2.75) is 69.8 Å². The number of benzene rings is 2. The van der Waals surface area contributed by atoms with Crippen LogP contribution in [-0.4, -0.2) is 43.9 Å². The molecule has 0 saturated heterocycles. The van der Waals surface area contributed by atoms with Crippen LogP contribution in [0, 0.1) is 11.8 Å². The van der Waals surface area contributed by atoms with Crippen LogP contribution in [0.15, 0.2) is 61.7 Å². The first kappa shape index (κ1) is 31.1. The Morgan fingerprint density at radius 1 is 1.15 bits per heavy atom. The van der Waals surface area contributed by atoms with E-state index in [-0.39, 0.29) is 23.8 Å². The van der Waals surface area contributed by atoms with Gasteiger partial charge in [0.15, 0.2) is 0 Å². The van der Waals surface area contributed by atoms with Crippen molar-refractivity contribution < 1.29 is 23.1 Å². The number of carbonyl (C=O) groups is 1. The monoisotopic (exact) mass is 600 g/mol. The van der Waals surface area contributed by atoms with Gasteiger partial charge in [-0.05, 0) is 105 Å². The number of aryl methyl sites for hydroxylation is 1. The number of ether oxygens (including phenoxy) is 1. The summed E-state index contributed by atoms with van der Waals surface area (Å²) in [5.74, 6) is 0.414. The number of halogens is 1. The topological polar surface area (TPSA) is 95.9 Å². The Hall–Kier alpha value is -2.81. The van der Waals surface area contributed by atoms with Gasteiger partial charge in [0.1, 0.15) is 12.4 Å². The minimum Gasteiger partial charge on any atom is -0.487 e. The molecule has 2 aromatic rings. The Morgan fingerprint density at radius 2 is 1.93 bits per heavy atom. The highest BCUT2D eigenvalue weighted by molar-refractivity contribution is 7.90. The van der Waals surface area contributed by atoms with Crippen LogP contribution in [0.4, 0.5) is 5.69 Å². The average molecular weight is 601 g/mol. The fourth-order valence-corrected chi connectivity index (χ4v) is 6.85. The number of sulfonamides is 1. The first-order valence-electron chi connectivity index (χ1n) is 14.4. The molecule has 222 valence electrons. The highest BCUT2D eigenvalue weighted by Crippen LogP contribution is 2.41. The van der Waals surface area contributed by atoms with Crippen LogP contribution in [0.3, 0.4) is 0 Å². The van der Waals surface area contributed by atoms with Crippen molar-refractivity contribution in [3.8, 4) is 5.75 Å². The maximum Gasteiger partial charge on any atom is 0.264 e. The second-order valence-electron chi connectivity index (χ2n) is 11.2. The van der Waals surface area contributed by atoms with Gasteiger partial charge in [-0.15, -0.1) is 13.2 Å². The minimum atomic E-state index is -3.87. The molecule has 1 aliphatic heterocycles. The van der Waals surface area contributed by atoms with E-state index in [1.807, 2.05) is 18.2 Å². The average Bonchev–Trinajstić information content (AvgIpc) is 2.94. The van der Waals surface area contributed by atoms with Gasteiger partial charge in [0.2, 0.25) is 10.0 Å². The van der Waals surface area contributed by atoms with E-state index in [1.54, 1.807) is 31.2 Å². The molecule has 7 nitrogen and oxygen atoms in total. The molecular formula is C32H41ClN2O5S. The number of amides is 1. The summed E-state index contributed by atoms with van der Waals surface area (Å²) in [7, 11) is -3.87. The molecule has 1 heterocycles. The third kappa shape index (κ3) is 7.73. The van der Waals surface area contributed by atoms with Gasteiger partial charge in [-0.1, -0.05) is 29.8 Å². The number of allylic oxidation sites excluding steroid dienone is 1. The smallest absolute Gasteiger partial charge is 0.264 e. The summed E-state index contributed by atoms with van der Waals surface area (Å²) in [6.07, 6.45) is 8.36. The number of nitrogens with zero attached hydrogens (tertiary/aromatic N) is 1. The molecule has 0 radical (unpaired) electrons. The molecule has 1 amide bonds. The molecule has 2 aliphatic rings. The van der Waals surface area contributed by atoms with E-state index in [4.69, 9.17) is 16.3 Å². The lowest BCUT2D eigenvalue weighted by atomic mass is 9.69. The van der Waals surface area contributed by atoms with Gasteiger partial charge in [0, 0.05) is 23.7 Å². The molecule has 0 spiro atoms. The Kier molecular flexibility index (Phi) is 10.6. The van der Waals surface area contributed by atoms with E-state index in [9.17, 15) is 18.3 Å². The molecule has 4 rings (SSSR count). The summed E-state index contributed by atoms with van der Waals surface area (Å²) >= 11 is 6.29. The number of aliphatic hydroxyl groups excluding tert-OH is 1. The molecule has 0 aromatic heterocycles. The van der Waals surface area contributed by atoms with E-state index in [0.717, 1.165) is 55.5 Å². The Morgan fingerprint density at radius 3 is 2.63 bits per heavy atom. The third-order valence-electron chi connectivity index (χ3n) is 8.33. The van der Waals surface area contributed by atoms with Crippen molar-refractivity contribution in [1.29, 1.82) is 0 Å². The van der Waals surface area contributed by atoms with Crippen LogP contribution < -0.4 is 14.4 Å². The minimum absolute atomic E-state index is 0.185. The summed E-state index contributed by atoms with van der Waals surface area (Å²) in [6.45, 7) is 10.7. The number of aliphatic hydroxyl groups is 1. The lowest BCUT2D eigenvalue weighted by molar-refractivity contribution is 0.0181. The summed E-state index contributed by atoms with van der Waals surface area (Å²) in [5.41, 5.74) is 3.21.